The summed E-state index contributed by atoms with van der Waals surface area (Å²) in [5.41, 5.74) is 4.24. The Morgan fingerprint density at radius 3 is 2.10 bits per heavy atom. The van der Waals surface area contributed by atoms with Crippen LogP contribution < -0.4 is 20.1 Å². The molecule has 1 aliphatic rings. The molecule has 332 valence electrons. The molecule has 6 rings (SSSR count). The van der Waals surface area contributed by atoms with Crippen molar-refractivity contribution in [2.45, 2.75) is 96.1 Å². The van der Waals surface area contributed by atoms with Crippen molar-refractivity contribution in [1.82, 2.24) is 30.0 Å². The number of aldehydes is 1. The minimum Gasteiger partial charge on any atom is -0.494 e. The lowest BCUT2D eigenvalue weighted by Gasteiger charge is -2.26. The quantitative estimate of drug-likeness (QED) is 0.0300. The van der Waals surface area contributed by atoms with Crippen LogP contribution >= 0.6 is 0 Å². The first kappa shape index (κ1) is 46.1. The van der Waals surface area contributed by atoms with Gasteiger partial charge in [-0.25, -0.2) is 14.6 Å². The molecule has 63 heavy (non-hydrogen) atoms. The lowest BCUT2D eigenvalue weighted by Crippen LogP contribution is -2.41. The number of amides is 3. The van der Waals surface area contributed by atoms with Gasteiger partial charge in [-0.3, -0.25) is 19.3 Å². The molecular weight excluding hydrogens is 799 g/mol. The van der Waals surface area contributed by atoms with Crippen molar-refractivity contribution in [3.8, 4) is 17.4 Å². The average molecular weight is 858 g/mol. The SMILES string of the molecule is CNC(=O)CCC(C=O)N1C(=O)c2ccc(NCCCCOCCCCCCCCOc3ccc(C(C)(C)c4ccc(OCc5ccnc(-n6cccn6)n5)cc4)cc3)cc2C1=O. The van der Waals surface area contributed by atoms with E-state index < -0.39 is 17.9 Å². The molecule has 3 amide bonds. The first-order valence-corrected chi connectivity index (χ1v) is 22.0. The minimum atomic E-state index is -0.986. The maximum atomic E-state index is 13.0. The molecule has 3 heterocycles. The van der Waals surface area contributed by atoms with E-state index in [4.69, 9.17) is 14.2 Å². The van der Waals surface area contributed by atoms with Gasteiger partial charge in [0.05, 0.1) is 29.5 Å². The highest BCUT2D eigenvalue weighted by molar-refractivity contribution is 6.22. The van der Waals surface area contributed by atoms with E-state index in [9.17, 15) is 19.2 Å². The highest BCUT2D eigenvalue weighted by Gasteiger charge is 2.40. The number of carbonyl (C=O) groups excluding carboxylic acids is 4. The Hall–Kier alpha value is -6.41. The molecule has 2 N–H and O–H groups in total. The third-order valence-electron chi connectivity index (χ3n) is 11.3. The van der Waals surface area contributed by atoms with Crippen molar-refractivity contribution in [3.05, 3.63) is 125 Å². The first-order valence-electron chi connectivity index (χ1n) is 22.0. The molecule has 1 aliphatic heterocycles. The number of ether oxygens (including phenoxy) is 3. The summed E-state index contributed by atoms with van der Waals surface area (Å²) in [5, 5.41) is 9.99. The van der Waals surface area contributed by atoms with Crippen LogP contribution in [0.1, 0.15) is 116 Å². The van der Waals surface area contributed by atoms with Gasteiger partial charge in [-0.05, 0) is 97.8 Å². The van der Waals surface area contributed by atoms with Crippen LogP contribution in [0.2, 0.25) is 0 Å². The summed E-state index contributed by atoms with van der Waals surface area (Å²) >= 11 is 0. The molecule has 14 nitrogen and oxygen atoms in total. The summed E-state index contributed by atoms with van der Waals surface area (Å²) in [4.78, 5) is 59.0. The predicted molar refractivity (Wildman–Crippen MR) is 240 cm³/mol. The summed E-state index contributed by atoms with van der Waals surface area (Å²) in [7, 11) is 1.50. The number of nitrogens with zero attached hydrogens (tertiary/aromatic N) is 5. The monoisotopic (exact) mass is 857 g/mol. The lowest BCUT2D eigenvalue weighted by atomic mass is 9.78. The van der Waals surface area contributed by atoms with E-state index in [0.29, 0.717) is 38.6 Å². The molecule has 2 aromatic heterocycles. The van der Waals surface area contributed by atoms with E-state index in [2.05, 4.69) is 75.9 Å². The predicted octanol–water partition coefficient (Wildman–Crippen LogP) is 7.89. The number of unbranched alkanes of at least 4 members (excludes halogenated alkanes) is 6. The molecule has 14 heteroatoms. The third-order valence-corrected chi connectivity index (χ3v) is 11.3. The van der Waals surface area contributed by atoms with Crippen LogP contribution in [0.25, 0.3) is 5.95 Å². The van der Waals surface area contributed by atoms with Gasteiger partial charge in [0.1, 0.15) is 24.4 Å². The highest BCUT2D eigenvalue weighted by atomic mass is 16.5. The van der Waals surface area contributed by atoms with Crippen LogP contribution in [-0.2, 0) is 26.3 Å². The van der Waals surface area contributed by atoms with Gasteiger partial charge in [-0.1, -0.05) is 63.8 Å². The Morgan fingerprint density at radius 1 is 0.778 bits per heavy atom. The average Bonchev–Trinajstić information content (AvgIpc) is 3.94. The van der Waals surface area contributed by atoms with Gasteiger partial charge >= 0.3 is 0 Å². The first-order chi connectivity index (χ1) is 30.7. The lowest BCUT2D eigenvalue weighted by molar-refractivity contribution is -0.121. The maximum Gasteiger partial charge on any atom is 0.262 e. The number of fused-ring (bicyclic) bond motifs is 1. The molecule has 5 aromatic rings. The Kier molecular flexibility index (Phi) is 16.9. The van der Waals surface area contributed by atoms with Gasteiger partial charge in [0, 0.05) is 62.9 Å². The van der Waals surface area contributed by atoms with Crippen LogP contribution in [-0.4, -0.2) is 88.1 Å². The number of carbonyl (C=O) groups is 4. The number of imide groups is 1. The van der Waals surface area contributed by atoms with E-state index in [1.165, 1.54) is 31.0 Å². The summed E-state index contributed by atoms with van der Waals surface area (Å²) in [6.07, 6.45) is 14.4. The zero-order chi connectivity index (χ0) is 44.4. The number of aromatic nitrogens is 4. The van der Waals surface area contributed by atoms with Crippen molar-refractivity contribution in [3.63, 3.8) is 0 Å². The normalized spacial score (nSPS) is 12.8. The zero-order valence-corrected chi connectivity index (χ0v) is 36.6. The molecular formula is C49H59N7O7. The summed E-state index contributed by atoms with van der Waals surface area (Å²) < 4.78 is 19.6. The van der Waals surface area contributed by atoms with Crippen LogP contribution in [0.15, 0.2) is 97.5 Å². The van der Waals surface area contributed by atoms with E-state index in [-0.39, 0.29) is 35.3 Å². The smallest absolute Gasteiger partial charge is 0.262 e. The summed E-state index contributed by atoms with van der Waals surface area (Å²) in [6, 6.07) is 24.4. The van der Waals surface area contributed by atoms with Gasteiger partial charge in [0.25, 0.3) is 17.8 Å². The zero-order valence-electron chi connectivity index (χ0n) is 36.6. The fourth-order valence-electron chi connectivity index (χ4n) is 7.42. The fourth-order valence-corrected chi connectivity index (χ4v) is 7.42. The fraction of sp³-hybridized carbons (Fsp3) is 0.408. The van der Waals surface area contributed by atoms with Gasteiger partial charge in [-0.2, -0.15) is 5.10 Å². The van der Waals surface area contributed by atoms with Gasteiger partial charge in [0.15, 0.2) is 0 Å². The van der Waals surface area contributed by atoms with Crippen LogP contribution in [0, 0.1) is 0 Å². The number of hydrogen-bond donors (Lipinski definition) is 2. The van der Waals surface area contributed by atoms with Crippen molar-refractivity contribution >= 4 is 29.7 Å². The Balaban J connectivity index is 0.774. The maximum absolute atomic E-state index is 13.0. The summed E-state index contributed by atoms with van der Waals surface area (Å²) in [5.74, 6) is 0.886. The highest BCUT2D eigenvalue weighted by Crippen LogP contribution is 2.34. The van der Waals surface area contributed by atoms with E-state index in [1.54, 1.807) is 41.5 Å². The second kappa shape index (κ2) is 23.2. The molecule has 0 spiro atoms. The molecule has 0 saturated heterocycles. The number of anilines is 1. The van der Waals surface area contributed by atoms with Gasteiger partial charge in [0.2, 0.25) is 5.91 Å². The van der Waals surface area contributed by atoms with Crippen LogP contribution in [0.3, 0.4) is 0 Å². The van der Waals surface area contributed by atoms with Crippen LogP contribution in [0.5, 0.6) is 11.5 Å². The number of benzene rings is 3. The van der Waals surface area contributed by atoms with Crippen molar-refractivity contribution < 1.29 is 33.4 Å². The van der Waals surface area contributed by atoms with E-state index in [1.807, 2.05) is 24.3 Å². The Morgan fingerprint density at radius 2 is 1.43 bits per heavy atom. The second-order valence-electron chi connectivity index (χ2n) is 16.1. The van der Waals surface area contributed by atoms with Crippen molar-refractivity contribution in [1.29, 1.82) is 0 Å². The van der Waals surface area contributed by atoms with Crippen molar-refractivity contribution in [2.24, 2.45) is 0 Å². The molecule has 1 unspecified atom stereocenters. The van der Waals surface area contributed by atoms with E-state index >= 15 is 0 Å². The number of hydrogen-bond acceptors (Lipinski definition) is 11. The van der Waals surface area contributed by atoms with Crippen molar-refractivity contribution in [2.75, 3.05) is 38.7 Å². The molecule has 3 aromatic carbocycles. The molecule has 0 saturated carbocycles. The Bertz CT molecular complexity index is 2250. The largest absolute Gasteiger partial charge is 0.494 e. The van der Waals surface area contributed by atoms with E-state index in [0.717, 1.165) is 72.9 Å². The second-order valence-corrected chi connectivity index (χ2v) is 16.1. The van der Waals surface area contributed by atoms with Gasteiger partial charge < -0.3 is 29.6 Å². The topological polar surface area (TPSA) is 167 Å². The van der Waals surface area contributed by atoms with Gasteiger partial charge in [-0.15, -0.1) is 0 Å². The summed E-state index contributed by atoms with van der Waals surface area (Å²) in [6.45, 7) is 7.62. The number of rotatable bonds is 27. The number of nitrogens with one attached hydrogen (secondary N) is 2. The molecule has 0 aliphatic carbocycles. The molecule has 0 radical (unpaired) electrons. The molecule has 0 fully saturated rings. The van der Waals surface area contributed by atoms with Crippen LogP contribution in [0.4, 0.5) is 5.69 Å². The molecule has 0 bridgehead atoms. The molecule has 1 atom stereocenters. The minimum absolute atomic E-state index is 0.0413. The standard InChI is InChI=1S/C49H59N7O7/c1-49(2,37-15-21-42(22-16-37)63-35-39-25-28-52-48(54-39)55-29-12-27-53-55)36-13-19-41(20-14-36)62-32-10-7-5-4-6-9-30-61-31-11-8-26-51-38-17-23-43-44(33-38)47(60)56(46(43)59)40(34-57)18-24-45(58)50-3/h12-17,19-23,25,27-29,33-34,40,51H,4-11,18,24,26,30-32,35H2,1-3H3,(H,50,58). The Labute approximate surface area is 369 Å². The third kappa shape index (κ3) is 12.8.